The standard InChI is InChI=1S/C17H25ClN2O2/c1-3-22-16-7-9-20(10-8-16)17(21)19-13(2)11-14-5-4-6-15(18)12-14/h4-6,12-13,16H,3,7-11H2,1-2H3,(H,19,21)/t13-/m1/s1. The van der Waals surface area contributed by atoms with Gasteiger partial charge in [-0.2, -0.15) is 0 Å². The predicted molar refractivity (Wildman–Crippen MR) is 89.4 cm³/mol. The Morgan fingerprint density at radius 1 is 1.45 bits per heavy atom. The second kappa shape index (κ2) is 8.39. The van der Waals surface area contributed by atoms with E-state index in [4.69, 9.17) is 16.3 Å². The largest absolute Gasteiger partial charge is 0.378 e. The molecule has 1 aliphatic rings. The molecule has 1 atom stereocenters. The Morgan fingerprint density at radius 2 is 2.18 bits per heavy atom. The molecule has 0 radical (unpaired) electrons. The fraction of sp³-hybridized carbons (Fsp3) is 0.588. The number of piperidine rings is 1. The van der Waals surface area contributed by atoms with E-state index in [1.165, 1.54) is 0 Å². The number of benzene rings is 1. The maximum atomic E-state index is 12.3. The number of amides is 2. The van der Waals surface area contributed by atoms with E-state index >= 15 is 0 Å². The first-order valence-electron chi connectivity index (χ1n) is 8.00. The van der Waals surface area contributed by atoms with E-state index in [2.05, 4.69) is 5.32 Å². The fourth-order valence-electron chi connectivity index (χ4n) is 2.83. The molecule has 122 valence electrons. The maximum absolute atomic E-state index is 12.3. The first-order chi connectivity index (χ1) is 10.6. The molecule has 1 N–H and O–H groups in total. The van der Waals surface area contributed by atoms with Gasteiger partial charge in [0.05, 0.1) is 6.10 Å². The van der Waals surface area contributed by atoms with E-state index in [0.717, 1.165) is 49.5 Å². The average Bonchev–Trinajstić information content (AvgIpc) is 2.48. The van der Waals surface area contributed by atoms with Crippen LogP contribution in [0.15, 0.2) is 24.3 Å². The lowest BCUT2D eigenvalue weighted by atomic mass is 10.1. The molecule has 2 rings (SSSR count). The SMILES string of the molecule is CCOC1CCN(C(=O)N[C@H](C)Cc2cccc(Cl)c2)CC1. The van der Waals surface area contributed by atoms with E-state index in [0.29, 0.717) is 6.10 Å². The van der Waals surface area contributed by atoms with Crippen molar-refractivity contribution in [2.45, 2.75) is 45.3 Å². The highest BCUT2D eigenvalue weighted by Gasteiger charge is 2.23. The third kappa shape index (κ3) is 5.18. The highest BCUT2D eigenvalue weighted by molar-refractivity contribution is 6.30. The number of urea groups is 1. The van der Waals surface area contributed by atoms with Crippen LogP contribution in [0.3, 0.4) is 0 Å². The van der Waals surface area contributed by atoms with Gasteiger partial charge in [0.1, 0.15) is 0 Å². The molecule has 2 amide bonds. The first-order valence-corrected chi connectivity index (χ1v) is 8.37. The lowest BCUT2D eigenvalue weighted by Gasteiger charge is -2.32. The van der Waals surface area contributed by atoms with Crippen molar-refractivity contribution in [3.63, 3.8) is 0 Å². The molecule has 0 spiro atoms. The number of carbonyl (C=O) groups excluding carboxylic acids is 1. The van der Waals surface area contributed by atoms with Crippen LogP contribution in [0.4, 0.5) is 4.79 Å². The quantitative estimate of drug-likeness (QED) is 0.901. The summed E-state index contributed by atoms with van der Waals surface area (Å²) in [6, 6.07) is 7.86. The van der Waals surface area contributed by atoms with Crippen LogP contribution in [0.25, 0.3) is 0 Å². The number of rotatable bonds is 5. The minimum absolute atomic E-state index is 0.0180. The zero-order chi connectivity index (χ0) is 15.9. The highest BCUT2D eigenvalue weighted by Crippen LogP contribution is 2.15. The molecule has 5 heteroatoms. The van der Waals surface area contributed by atoms with Gasteiger partial charge in [0, 0.05) is 30.8 Å². The predicted octanol–water partition coefficient (Wildman–Crippen LogP) is 3.48. The van der Waals surface area contributed by atoms with Crippen molar-refractivity contribution in [3.05, 3.63) is 34.9 Å². The van der Waals surface area contributed by atoms with Crippen molar-refractivity contribution in [2.75, 3.05) is 19.7 Å². The van der Waals surface area contributed by atoms with Gasteiger partial charge in [-0.25, -0.2) is 4.79 Å². The summed E-state index contributed by atoms with van der Waals surface area (Å²) in [6.07, 6.45) is 2.92. The summed E-state index contributed by atoms with van der Waals surface area (Å²) in [7, 11) is 0. The summed E-state index contributed by atoms with van der Waals surface area (Å²) in [6.45, 7) is 6.30. The van der Waals surface area contributed by atoms with Crippen LogP contribution in [0, 0.1) is 0 Å². The molecule has 0 aliphatic carbocycles. The number of nitrogens with zero attached hydrogens (tertiary/aromatic N) is 1. The Balaban J connectivity index is 1.77. The van der Waals surface area contributed by atoms with Crippen LogP contribution in [-0.4, -0.2) is 42.8 Å². The minimum atomic E-state index is 0.0180. The molecule has 1 saturated heterocycles. The van der Waals surface area contributed by atoms with E-state index < -0.39 is 0 Å². The topological polar surface area (TPSA) is 41.6 Å². The molecular formula is C17H25ClN2O2. The monoisotopic (exact) mass is 324 g/mol. The lowest BCUT2D eigenvalue weighted by Crippen LogP contribution is -2.48. The van der Waals surface area contributed by atoms with Crippen molar-refractivity contribution in [1.82, 2.24) is 10.2 Å². The van der Waals surface area contributed by atoms with Crippen molar-refractivity contribution in [3.8, 4) is 0 Å². The minimum Gasteiger partial charge on any atom is -0.378 e. The van der Waals surface area contributed by atoms with Crippen LogP contribution in [0.2, 0.25) is 5.02 Å². The molecule has 0 bridgehead atoms. The van der Waals surface area contributed by atoms with Crippen molar-refractivity contribution in [1.29, 1.82) is 0 Å². The van der Waals surface area contributed by atoms with Crippen LogP contribution in [0.5, 0.6) is 0 Å². The van der Waals surface area contributed by atoms with Crippen LogP contribution >= 0.6 is 11.6 Å². The van der Waals surface area contributed by atoms with E-state index in [1.807, 2.05) is 43.0 Å². The van der Waals surface area contributed by atoms with Crippen LogP contribution < -0.4 is 5.32 Å². The van der Waals surface area contributed by atoms with E-state index in [-0.39, 0.29) is 12.1 Å². The zero-order valence-electron chi connectivity index (χ0n) is 13.3. The van der Waals surface area contributed by atoms with Gasteiger partial charge in [0.2, 0.25) is 0 Å². The van der Waals surface area contributed by atoms with Crippen molar-refractivity contribution in [2.24, 2.45) is 0 Å². The van der Waals surface area contributed by atoms with Gasteiger partial charge >= 0.3 is 6.03 Å². The summed E-state index contributed by atoms with van der Waals surface area (Å²) >= 11 is 5.99. The Kier molecular flexibility index (Phi) is 6.52. The molecule has 0 unspecified atom stereocenters. The number of halogens is 1. The smallest absolute Gasteiger partial charge is 0.317 e. The molecule has 22 heavy (non-hydrogen) atoms. The lowest BCUT2D eigenvalue weighted by molar-refractivity contribution is 0.0218. The number of hydrogen-bond donors (Lipinski definition) is 1. The second-order valence-corrected chi connectivity index (χ2v) is 6.26. The molecule has 1 aromatic rings. The average molecular weight is 325 g/mol. The number of likely N-dealkylation sites (tertiary alicyclic amines) is 1. The van der Waals surface area contributed by atoms with Crippen LogP contribution in [-0.2, 0) is 11.2 Å². The third-order valence-electron chi connectivity index (χ3n) is 3.93. The normalized spacial score (nSPS) is 17.3. The fourth-order valence-corrected chi connectivity index (χ4v) is 3.04. The summed E-state index contributed by atoms with van der Waals surface area (Å²) in [5.74, 6) is 0. The Bertz CT molecular complexity index is 487. The van der Waals surface area contributed by atoms with Crippen molar-refractivity contribution >= 4 is 17.6 Å². The molecule has 0 aromatic heterocycles. The summed E-state index contributed by atoms with van der Waals surface area (Å²) in [5, 5.41) is 3.80. The van der Waals surface area contributed by atoms with Gasteiger partial charge in [0.15, 0.2) is 0 Å². The molecule has 1 heterocycles. The van der Waals surface area contributed by atoms with Gasteiger partial charge in [-0.3, -0.25) is 0 Å². The van der Waals surface area contributed by atoms with Gasteiger partial charge in [-0.1, -0.05) is 23.7 Å². The summed E-state index contributed by atoms with van der Waals surface area (Å²) in [5.41, 5.74) is 1.13. The van der Waals surface area contributed by atoms with Gasteiger partial charge in [-0.15, -0.1) is 0 Å². The number of hydrogen-bond acceptors (Lipinski definition) is 2. The summed E-state index contributed by atoms with van der Waals surface area (Å²) < 4.78 is 5.61. The van der Waals surface area contributed by atoms with Gasteiger partial charge in [-0.05, 0) is 50.8 Å². The molecule has 1 aromatic carbocycles. The summed E-state index contributed by atoms with van der Waals surface area (Å²) in [4.78, 5) is 14.2. The number of ether oxygens (including phenoxy) is 1. The molecular weight excluding hydrogens is 300 g/mol. The van der Waals surface area contributed by atoms with E-state index in [1.54, 1.807) is 0 Å². The van der Waals surface area contributed by atoms with E-state index in [9.17, 15) is 4.79 Å². The molecule has 1 aliphatic heterocycles. The third-order valence-corrected chi connectivity index (χ3v) is 4.17. The van der Waals surface area contributed by atoms with Crippen LogP contribution in [0.1, 0.15) is 32.3 Å². The second-order valence-electron chi connectivity index (χ2n) is 5.83. The highest BCUT2D eigenvalue weighted by atomic mass is 35.5. The molecule has 4 nitrogen and oxygen atoms in total. The van der Waals surface area contributed by atoms with Gasteiger partial charge < -0.3 is 15.0 Å². The maximum Gasteiger partial charge on any atom is 0.317 e. The first kappa shape index (κ1) is 17.1. The number of nitrogens with one attached hydrogen (secondary N) is 1. The molecule has 0 saturated carbocycles. The van der Waals surface area contributed by atoms with Crippen molar-refractivity contribution < 1.29 is 9.53 Å². The Morgan fingerprint density at radius 3 is 2.82 bits per heavy atom. The zero-order valence-corrected chi connectivity index (χ0v) is 14.1. The van der Waals surface area contributed by atoms with Gasteiger partial charge in [0.25, 0.3) is 0 Å². The number of carbonyl (C=O) groups is 1. The Labute approximate surface area is 137 Å². The molecule has 1 fully saturated rings. The Hall–Kier alpha value is -1.26.